The minimum atomic E-state index is 0.749. The summed E-state index contributed by atoms with van der Waals surface area (Å²) in [5.41, 5.74) is 2.05. The van der Waals surface area contributed by atoms with Crippen molar-refractivity contribution in [2.75, 3.05) is 26.3 Å². The largest absolute Gasteiger partial charge is 0.477 e. The summed E-state index contributed by atoms with van der Waals surface area (Å²) in [6, 6.07) is 8.06. The Bertz CT molecular complexity index is 432. The second-order valence-corrected chi connectivity index (χ2v) is 4.36. The highest BCUT2D eigenvalue weighted by Gasteiger charge is 2.12. The summed E-state index contributed by atoms with van der Waals surface area (Å²) in [6.07, 6.45) is 2.01. The number of ether oxygens (including phenoxy) is 2. The first-order valence-corrected chi connectivity index (χ1v) is 6.39. The molecular weight excluding hydrogens is 228 g/mol. The number of rotatable bonds is 2. The molecule has 2 heterocycles. The second kappa shape index (κ2) is 5.21. The van der Waals surface area contributed by atoms with Crippen molar-refractivity contribution in [1.82, 2.24) is 0 Å². The van der Waals surface area contributed by atoms with Gasteiger partial charge in [-0.25, -0.2) is 0 Å². The Morgan fingerprint density at radius 3 is 1.50 bits per heavy atom. The Morgan fingerprint density at radius 2 is 1.17 bits per heavy atom. The number of nitrogens with zero attached hydrogens (tertiary/aromatic N) is 2. The van der Waals surface area contributed by atoms with E-state index in [1.807, 2.05) is 24.3 Å². The third kappa shape index (κ3) is 2.37. The first-order chi connectivity index (χ1) is 8.93. The van der Waals surface area contributed by atoms with Gasteiger partial charge in [0.05, 0.1) is 13.2 Å². The Morgan fingerprint density at radius 1 is 0.722 bits per heavy atom. The van der Waals surface area contributed by atoms with Gasteiger partial charge in [0.2, 0.25) is 11.8 Å². The van der Waals surface area contributed by atoms with E-state index in [0.29, 0.717) is 0 Å². The fourth-order valence-electron chi connectivity index (χ4n) is 2.02. The van der Waals surface area contributed by atoms with Crippen molar-refractivity contribution >= 4 is 11.8 Å². The molecule has 2 aliphatic heterocycles. The van der Waals surface area contributed by atoms with Crippen molar-refractivity contribution in [1.29, 1.82) is 0 Å². The lowest BCUT2D eigenvalue weighted by molar-refractivity contribution is 0.283. The molecule has 0 aliphatic carbocycles. The second-order valence-electron chi connectivity index (χ2n) is 4.36. The van der Waals surface area contributed by atoms with Crippen LogP contribution in [-0.4, -0.2) is 38.1 Å². The number of benzene rings is 1. The highest BCUT2D eigenvalue weighted by molar-refractivity contribution is 5.98. The van der Waals surface area contributed by atoms with Crippen LogP contribution in [0.25, 0.3) is 0 Å². The van der Waals surface area contributed by atoms with Gasteiger partial charge >= 0.3 is 0 Å². The lowest BCUT2D eigenvalue weighted by atomic mass is 10.1. The summed E-state index contributed by atoms with van der Waals surface area (Å²) in [5.74, 6) is 1.50. The van der Waals surface area contributed by atoms with Crippen LogP contribution in [0.5, 0.6) is 0 Å². The third-order valence-electron chi connectivity index (χ3n) is 2.97. The number of hydrogen-bond donors (Lipinski definition) is 0. The molecule has 4 heteroatoms. The van der Waals surface area contributed by atoms with E-state index in [9.17, 15) is 0 Å². The van der Waals surface area contributed by atoms with Crippen LogP contribution < -0.4 is 0 Å². The van der Waals surface area contributed by atoms with E-state index < -0.39 is 0 Å². The molecule has 0 amide bonds. The van der Waals surface area contributed by atoms with Gasteiger partial charge in [-0.2, -0.15) is 0 Å². The van der Waals surface area contributed by atoms with Gasteiger partial charge in [-0.1, -0.05) is 0 Å². The summed E-state index contributed by atoms with van der Waals surface area (Å²) in [6.45, 7) is 3.23. The normalized spacial score (nSPS) is 19.3. The lowest BCUT2D eigenvalue weighted by Crippen LogP contribution is -2.16. The standard InChI is InChI=1S/C14H16N2O2/c1-7-15-13(17-9-1)11-3-5-12(6-4-11)14-16-8-2-10-18-14/h3-6H,1-2,7-10H2. The van der Waals surface area contributed by atoms with E-state index in [1.165, 1.54) is 0 Å². The summed E-state index contributed by atoms with van der Waals surface area (Å²) in [5, 5.41) is 0. The lowest BCUT2D eigenvalue weighted by Gasteiger charge is -2.15. The maximum atomic E-state index is 5.54. The number of aliphatic imine (C=N–C) groups is 2. The molecule has 0 spiro atoms. The summed E-state index contributed by atoms with van der Waals surface area (Å²) < 4.78 is 11.1. The molecule has 0 fully saturated rings. The molecule has 0 atom stereocenters. The van der Waals surface area contributed by atoms with Gasteiger partial charge in [-0.3, -0.25) is 9.98 Å². The average molecular weight is 244 g/mol. The van der Waals surface area contributed by atoms with Crippen LogP contribution in [0.3, 0.4) is 0 Å². The molecule has 0 saturated carbocycles. The molecular formula is C14H16N2O2. The molecule has 0 unspecified atom stereocenters. The molecule has 1 aromatic carbocycles. The molecule has 0 N–H and O–H groups in total. The maximum Gasteiger partial charge on any atom is 0.216 e. The highest BCUT2D eigenvalue weighted by atomic mass is 16.5. The van der Waals surface area contributed by atoms with E-state index in [4.69, 9.17) is 9.47 Å². The van der Waals surface area contributed by atoms with E-state index in [-0.39, 0.29) is 0 Å². The van der Waals surface area contributed by atoms with Gasteiger partial charge in [0.15, 0.2) is 0 Å². The van der Waals surface area contributed by atoms with Crippen molar-refractivity contribution in [3.05, 3.63) is 35.4 Å². The predicted molar refractivity (Wildman–Crippen MR) is 70.4 cm³/mol. The Labute approximate surface area is 106 Å². The van der Waals surface area contributed by atoms with Crippen LogP contribution in [0.1, 0.15) is 24.0 Å². The molecule has 1 aromatic rings. The molecule has 94 valence electrons. The molecule has 0 bridgehead atoms. The maximum absolute atomic E-state index is 5.54. The minimum absolute atomic E-state index is 0.749. The van der Waals surface area contributed by atoms with Crippen molar-refractivity contribution in [2.45, 2.75) is 12.8 Å². The summed E-state index contributed by atoms with van der Waals surface area (Å²) >= 11 is 0. The van der Waals surface area contributed by atoms with E-state index in [0.717, 1.165) is 62.1 Å². The predicted octanol–water partition coefficient (Wildman–Crippen LogP) is 2.02. The topological polar surface area (TPSA) is 43.2 Å². The van der Waals surface area contributed by atoms with Crippen molar-refractivity contribution in [2.24, 2.45) is 9.98 Å². The Hall–Kier alpha value is -1.84. The van der Waals surface area contributed by atoms with Gasteiger partial charge in [-0.15, -0.1) is 0 Å². The SMILES string of the molecule is c1cc(C2=NCCCO2)ccc1C1=NCCCO1. The zero-order chi connectivity index (χ0) is 12.2. The van der Waals surface area contributed by atoms with Gasteiger partial charge < -0.3 is 9.47 Å². The van der Waals surface area contributed by atoms with Crippen LogP contribution in [-0.2, 0) is 9.47 Å². The van der Waals surface area contributed by atoms with Gasteiger partial charge in [0.1, 0.15) is 0 Å². The zero-order valence-electron chi connectivity index (χ0n) is 10.3. The van der Waals surface area contributed by atoms with Crippen LogP contribution in [0.15, 0.2) is 34.3 Å². The van der Waals surface area contributed by atoms with Crippen molar-refractivity contribution in [3.63, 3.8) is 0 Å². The van der Waals surface area contributed by atoms with E-state index in [2.05, 4.69) is 9.98 Å². The quantitative estimate of drug-likeness (QED) is 0.798. The van der Waals surface area contributed by atoms with E-state index in [1.54, 1.807) is 0 Å². The fraction of sp³-hybridized carbons (Fsp3) is 0.429. The van der Waals surface area contributed by atoms with Crippen LogP contribution in [0, 0.1) is 0 Å². The van der Waals surface area contributed by atoms with Gasteiger partial charge in [0.25, 0.3) is 0 Å². The zero-order valence-corrected chi connectivity index (χ0v) is 10.3. The van der Waals surface area contributed by atoms with E-state index >= 15 is 0 Å². The molecule has 2 aliphatic rings. The average Bonchev–Trinajstić information content (AvgIpc) is 2.49. The van der Waals surface area contributed by atoms with Gasteiger partial charge in [0, 0.05) is 37.1 Å². The minimum Gasteiger partial charge on any atom is -0.477 e. The molecule has 0 saturated heterocycles. The third-order valence-corrected chi connectivity index (χ3v) is 2.97. The Balaban J connectivity index is 1.80. The molecule has 0 aromatic heterocycles. The van der Waals surface area contributed by atoms with Crippen LogP contribution in [0.2, 0.25) is 0 Å². The summed E-state index contributed by atoms with van der Waals surface area (Å²) in [7, 11) is 0. The van der Waals surface area contributed by atoms with Crippen molar-refractivity contribution < 1.29 is 9.47 Å². The fourth-order valence-corrected chi connectivity index (χ4v) is 2.02. The highest BCUT2D eigenvalue weighted by Crippen LogP contribution is 2.12. The molecule has 4 nitrogen and oxygen atoms in total. The van der Waals surface area contributed by atoms with Crippen LogP contribution >= 0.6 is 0 Å². The van der Waals surface area contributed by atoms with Crippen molar-refractivity contribution in [3.8, 4) is 0 Å². The van der Waals surface area contributed by atoms with Gasteiger partial charge in [-0.05, 0) is 24.3 Å². The molecule has 0 radical (unpaired) electrons. The Kier molecular flexibility index (Phi) is 3.26. The number of hydrogen-bond acceptors (Lipinski definition) is 4. The smallest absolute Gasteiger partial charge is 0.216 e. The first kappa shape index (κ1) is 11.3. The first-order valence-electron chi connectivity index (χ1n) is 6.39. The monoisotopic (exact) mass is 244 g/mol. The van der Waals surface area contributed by atoms with Crippen LogP contribution in [0.4, 0.5) is 0 Å². The molecule has 3 rings (SSSR count). The summed E-state index contributed by atoms with van der Waals surface area (Å²) in [4.78, 5) is 8.75. The molecule has 18 heavy (non-hydrogen) atoms.